The van der Waals surface area contributed by atoms with Gasteiger partial charge >= 0.3 is 0 Å². The zero-order valence-corrected chi connectivity index (χ0v) is 9.72. The number of hydrogen-bond donors (Lipinski definition) is 3. The summed E-state index contributed by atoms with van der Waals surface area (Å²) in [6, 6.07) is 0. The van der Waals surface area contributed by atoms with Gasteiger partial charge in [0.05, 0.1) is 12.9 Å². The molecule has 1 fully saturated rings. The van der Waals surface area contributed by atoms with Gasteiger partial charge in [0.25, 0.3) is 0 Å². The molecule has 0 unspecified atom stereocenters. The van der Waals surface area contributed by atoms with Crippen LogP contribution in [0.3, 0.4) is 0 Å². The van der Waals surface area contributed by atoms with Gasteiger partial charge in [-0.2, -0.15) is 0 Å². The number of ether oxygens (including phenoxy) is 1. The molecule has 1 aliphatic rings. The van der Waals surface area contributed by atoms with Gasteiger partial charge in [0.15, 0.2) is 23.9 Å². The Morgan fingerprint density at radius 3 is 2.89 bits per heavy atom. The van der Waals surface area contributed by atoms with Crippen molar-refractivity contribution in [2.24, 2.45) is 0 Å². The molecule has 3 heterocycles. The second kappa shape index (κ2) is 4.37. The molecular formula is C10H12FN5O3. The van der Waals surface area contributed by atoms with Crippen molar-refractivity contribution in [1.29, 1.82) is 0 Å². The molecule has 0 spiro atoms. The summed E-state index contributed by atoms with van der Waals surface area (Å²) in [5, 5.41) is 18.6. The summed E-state index contributed by atoms with van der Waals surface area (Å²) in [7, 11) is 0. The summed E-state index contributed by atoms with van der Waals surface area (Å²) in [5.74, 6) is 0.177. The average molecular weight is 269 g/mol. The number of aliphatic hydroxyl groups excluding tert-OH is 2. The van der Waals surface area contributed by atoms with E-state index in [1.165, 1.54) is 17.2 Å². The lowest BCUT2D eigenvalue weighted by molar-refractivity contribution is -0.0459. The smallest absolute Gasteiger partial charge is 0.173 e. The van der Waals surface area contributed by atoms with E-state index in [4.69, 9.17) is 15.6 Å². The van der Waals surface area contributed by atoms with Crippen LogP contribution in [0.1, 0.15) is 6.23 Å². The predicted molar refractivity (Wildman–Crippen MR) is 61.6 cm³/mol. The summed E-state index contributed by atoms with van der Waals surface area (Å²) in [6.07, 6.45) is -2.61. The minimum atomic E-state index is -1.69. The third-order valence-corrected chi connectivity index (χ3v) is 3.13. The number of aromatic nitrogens is 4. The molecule has 3 rings (SSSR count). The van der Waals surface area contributed by atoms with Gasteiger partial charge in [-0.15, -0.1) is 0 Å². The van der Waals surface area contributed by atoms with Crippen LogP contribution in [0.2, 0.25) is 0 Å². The van der Waals surface area contributed by atoms with E-state index in [0.29, 0.717) is 11.2 Å². The molecule has 0 amide bonds. The number of hydrogen-bond acceptors (Lipinski definition) is 7. The van der Waals surface area contributed by atoms with Gasteiger partial charge in [0.1, 0.15) is 24.1 Å². The Kier molecular flexibility index (Phi) is 2.81. The molecule has 8 nitrogen and oxygen atoms in total. The number of alkyl halides is 1. The highest BCUT2D eigenvalue weighted by molar-refractivity contribution is 5.81. The number of anilines is 1. The second-order valence-corrected chi connectivity index (χ2v) is 4.27. The molecule has 0 saturated carbocycles. The van der Waals surface area contributed by atoms with Crippen molar-refractivity contribution in [3.8, 4) is 0 Å². The number of fused-ring (bicyclic) bond motifs is 1. The quantitative estimate of drug-likeness (QED) is 0.639. The first-order valence-corrected chi connectivity index (χ1v) is 5.65. The van der Waals surface area contributed by atoms with Gasteiger partial charge in [-0.05, 0) is 0 Å². The van der Waals surface area contributed by atoms with Crippen LogP contribution in [0.4, 0.5) is 10.2 Å². The second-order valence-electron chi connectivity index (χ2n) is 4.27. The minimum Gasteiger partial charge on any atom is -0.394 e. The van der Waals surface area contributed by atoms with Crippen LogP contribution < -0.4 is 5.73 Å². The molecule has 2 aromatic heterocycles. The topological polar surface area (TPSA) is 119 Å². The fourth-order valence-electron chi connectivity index (χ4n) is 2.13. The summed E-state index contributed by atoms with van der Waals surface area (Å²) in [6.45, 7) is -0.470. The maximum atomic E-state index is 14.0. The Labute approximate surface area is 106 Å². The van der Waals surface area contributed by atoms with Crippen LogP contribution in [-0.2, 0) is 4.74 Å². The van der Waals surface area contributed by atoms with E-state index in [9.17, 15) is 9.50 Å². The van der Waals surface area contributed by atoms with E-state index < -0.39 is 31.2 Å². The van der Waals surface area contributed by atoms with Crippen molar-refractivity contribution in [2.45, 2.75) is 24.6 Å². The first-order valence-electron chi connectivity index (χ1n) is 5.65. The van der Waals surface area contributed by atoms with E-state index in [1.54, 1.807) is 0 Å². The van der Waals surface area contributed by atoms with Gasteiger partial charge in [-0.3, -0.25) is 4.57 Å². The molecule has 2 aromatic rings. The fourth-order valence-corrected chi connectivity index (χ4v) is 2.13. The van der Waals surface area contributed by atoms with Gasteiger partial charge < -0.3 is 20.7 Å². The van der Waals surface area contributed by atoms with Crippen molar-refractivity contribution < 1.29 is 19.3 Å². The molecular weight excluding hydrogens is 257 g/mol. The number of nitrogens with two attached hydrogens (primary N) is 1. The van der Waals surface area contributed by atoms with Gasteiger partial charge in [0, 0.05) is 0 Å². The van der Waals surface area contributed by atoms with E-state index >= 15 is 0 Å². The van der Waals surface area contributed by atoms with Crippen LogP contribution in [0.15, 0.2) is 12.7 Å². The van der Waals surface area contributed by atoms with E-state index in [-0.39, 0.29) is 5.82 Å². The van der Waals surface area contributed by atoms with E-state index in [0.717, 1.165) is 0 Å². The lowest BCUT2D eigenvalue weighted by atomic mass is 10.1. The summed E-state index contributed by atoms with van der Waals surface area (Å²) in [4.78, 5) is 11.8. The normalized spacial score (nSPS) is 31.1. The van der Waals surface area contributed by atoms with Crippen molar-refractivity contribution in [3.05, 3.63) is 12.7 Å². The third-order valence-electron chi connectivity index (χ3n) is 3.13. The lowest BCUT2D eigenvalue weighted by Gasteiger charge is -2.14. The number of nitrogen functional groups attached to an aromatic ring is 1. The molecule has 102 valence electrons. The molecule has 4 atom stereocenters. The van der Waals surface area contributed by atoms with Crippen molar-refractivity contribution in [1.82, 2.24) is 19.5 Å². The Balaban J connectivity index is 2.04. The number of nitrogens with zero attached hydrogens (tertiary/aromatic N) is 4. The molecule has 0 aliphatic carbocycles. The Morgan fingerprint density at radius 1 is 1.42 bits per heavy atom. The number of rotatable bonds is 2. The zero-order chi connectivity index (χ0) is 13.6. The highest BCUT2D eigenvalue weighted by Gasteiger charge is 2.45. The molecule has 0 aromatic carbocycles. The van der Waals surface area contributed by atoms with Gasteiger partial charge in [-0.25, -0.2) is 19.3 Å². The summed E-state index contributed by atoms with van der Waals surface area (Å²) >= 11 is 0. The Bertz CT molecular complexity index is 606. The highest BCUT2D eigenvalue weighted by atomic mass is 19.1. The summed E-state index contributed by atoms with van der Waals surface area (Å²) < 4.78 is 20.6. The molecule has 1 saturated heterocycles. The monoisotopic (exact) mass is 269 g/mol. The van der Waals surface area contributed by atoms with Crippen LogP contribution >= 0.6 is 0 Å². The Morgan fingerprint density at radius 2 is 2.21 bits per heavy atom. The van der Waals surface area contributed by atoms with Crippen molar-refractivity contribution in [3.63, 3.8) is 0 Å². The zero-order valence-electron chi connectivity index (χ0n) is 9.72. The third kappa shape index (κ3) is 1.74. The maximum Gasteiger partial charge on any atom is 0.173 e. The molecule has 0 bridgehead atoms. The molecule has 0 radical (unpaired) electrons. The first kappa shape index (κ1) is 12.2. The standard InChI is InChI=1S/C10H12FN5O3/c11-5-7(18)4(1-17)19-10(5)16-3-15-6-8(12)13-2-14-9(6)16/h2-5,7,10,17-18H,1H2,(H2,12,13,14)/t4-,5-,7-,10-/m0/s1. The molecule has 1 aliphatic heterocycles. The predicted octanol–water partition coefficient (Wildman–Crippen LogP) is -1.00. The van der Waals surface area contributed by atoms with Crippen LogP contribution in [-0.4, -0.2) is 54.7 Å². The SMILES string of the molecule is Nc1ncnc2c1ncn2[C@H]1O[C@@H](CO)[C@H](O)[C@@H]1F. The number of halogens is 1. The largest absolute Gasteiger partial charge is 0.394 e. The Hall–Kier alpha value is -1.84. The van der Waals surface area contributed by atoms with Crippen LogP contribution in [0.5, 0.6) is 0 Å². The van der Waals surface area contributed by atoms with E-state index in [2.05, 4.69) is 15.0 Å². The summed E-state index contributed by atoms with van der Waals surface area (Å²) in [5.41, 5.74) is 6.28. The van der Waals surface area contributed by atoms with Crippen molar-refractivity contribution in [2.75, 3.05) is 12.3 Å². The van der Waals surface area contributed by atoms with E-state index in [1.807, 2.05) is 0 Å². The molecule has 19 heavy (non-hydrogen) atoms. The van der Waals surface area contributed by atoms with Crippen LogP contribution in [0.25, 0.3) is 11.2 Å². The van der Waals surface area contributed by atoms with Crippen molar-refractivity contribution >= 4 is 17.0 Å². The number of aliphatic hydroxyl groups is 2. The van der Waals surface area contributed by atoms with Gasteiger partial charge in [-0.1, -0.05) is 0 Å². The lowest BCUT2D eigenvalue weighted by Crippen LogP contribution is -2.30. The van der Waals surface area contributed by atoms with Gasteiger partial charge in [0.2, 0.25) is 0 Å². The molecule has 9 heteroatoms. The molecule has 4 N–H and O–H groups in total. The van der Waals surface area contributed by atoms with Crippen LogP contribution in [0, 0.1) is 0 Å². The fraction of sp³-hybridized carbons (Fsp3) is 0.500. The highest BCUT2D eigenvalue weighted by Crippen LogP contribution is 2.33. The number of imidazole rings is 1. The minimum absolute atomic E-state index is 0.177. The maximum absolute atomic E-state index is 14.0. The average Bonchev–Trinajstić information content (AvgIpc) is 2.94. The first-order chi connectivity index (χ1) is 9.13.